The van der Waals surface area contributed by atoms with Gasteiger partial charge in [-0.25, -0.2) is 0 Å². The third kappa shape index (κ3) is 5.81. The van der Waals surface area contributed by atoms with Crippen molar-refractivity contribution in [3.8, 4) is 60.0 Å². The molecule has 6 rings (SSSR count). The zero-order valence-electron chi connectivity index (χ0n) is 22.2. The summed E-state index contributed by atoms with van der Waals surface area (Å²) in [5, 5.41) is 0. The fourth-order valence-corrected chi connectivity index (χ4v) is 5.81. The van der Waals surface area contributed by atoms with Gasteiger partial charge in [-0.3, -0.25) is 0 Å². The highest BCUT2D eigenvalue weighted by Gasteiger charge is 2.30. The number of methoxy groups -OCH3 is 1. The van der Waals surface area contributed by atoms with Crippen LogP contribution in [0, 0.1) is 0 Å². The predicted molar refractivity (Wildman–Crippen MR) is 163 cm³/mol. The van der Waals surface area contributed by atoms with Crippen LogP contribution in [-0.4, -0.2) is 7.11 Å². The van der Waals surface area contributed by atoms with Crippen LogP contribution in [0.15, 0.2) is 133 Å². The molecule has 0 aliphatic carbocycles. The predicted octanol–water partition coefficient (Wildman–Crippen LogP) is 11.1. The van der Waals surface area contributed by atoms with E-state index in [-0.39, 0.29) is 0 Å². The molecule has 0 saturated carbocycles. The van der Waals surface area contributed by atoms with Crippen molar-refractivity contribution in [2.45, 2.75) is 6.18 Å². The number of hydrogen-bond donors (Lipinski definition) is 0. The SMILES string of the molecule is COc1ccc(-c2ccc(-c3ccc(-c4ccc(-c5ccc(-c6ccc(C(F)(F)F)cc6)s5)cc4)cc3)cc2)cc1. The number of rotatable bonds is 6. The van der Waals surface area contributed by atoms with Crippen LogP contribution in [0.1, 0.15) is 5.56 Å². The van der Waals surface area contributed by atoms with Crippen LogP contribution in [0.25, 0.3) is 54.3 Å². The number of halogens is 3. The monoisotopic (exact) mass is 562 g/mol. The Morgan fingerprint density at radius 1 is 0.415 bits per heavy atom. The van der Waals surface area contributed by atoms with Gasteiger partial charge in [0.25, 0.3) is 0 Å². The van der Waals surface area contributed by atoms with Crippen LogP contribution in [0.3, 0.4) is 0 Å². The maximum absolute atomic E-state index is 12.9. The third-order valence-corrected chi connectivity index (χ3v) is 8.32. The molecule has 0 bridgehead atoms. The zero-order valence-corrected chi connectivity index (χ0v) is 23.0. The summed E-state index contributed by atoms with van der Waals surface area (Å²) in [4.78, 5) is 2.00. The van der Waals surface area contributed by atoms with Gasteiger partial charge < -0.3 is 4.74 Å². The second kappa shape index (κ2) is 11.1. The molecule has 0 aliphatic heterocycles. The summed E-state index contributed by atoms with van der Waals surface area (Å²) < 4.78 is 43.9. The molecule has 0 spiro atoms. The molecule has 0 unspecified atom stereocenters. The fraction of sp³-hybridized carbons (Fsp3) is 0.0556. The van der Waals surface area contributed by atoms with Gasteiger partial charge in [-0.15, -0.1) is 11.3 Å². The number of ether oxygens (including phenoxy) is 1. The van der Waals surface area contributed by atoms with E-state index < -0.39 is 11.7 Å². The summed E-state index contributed by atoms with van der Waals surface area (Å²) in [7, 11) is 1.67. The fourth-order valence-electron chi connectivity index (χ4n) is 4.79. The van der Waals surface area contributed by atoms with Gasteiger partial charge in [-0.05, 0) is 80.9 Å². The molecule has 0 aliphatic rings. The van der Waals surface area contributed by atoms with E-state index in [1.54, 1.807) is 18.4 Å². The van der Waals surface area contributed by atoms with Crippen molar-refractivity contribution in [1.82, 2.24) is 0 Å². The van der Waals surface area contributed by atoms with Crippen LogP contribution >= 0.6 is 11.3 Å². The van der Waals surface area contributed by atoms with Crippen molar-refractivity contribution in [2.75, 3.05) is 7.11 Å². The van der Waals surface area contributed by atoms with E-state index in [0.717, 1.165) is 72.1 Å². The first kappa shape index (κ1) is 26.6. The minimum absolute atomic E-state index is 0.635. The molecule has 0 saturated heterocycles. The van der Waals surface area contributed by atoms with E-state index in [1.807, 2.05) is 24.3 Å². The number of thiophene rings is 1. The van der Waals surface area contributed by atoms with E-state index in [9.17, 15) is 13.2 Å². The Morgan fingerprint density at radius 3 is 1.02 bits per heavy atom. The van der Waals surface area contributed by atoms with E-state index >= 15 is 0 Å². The molecule has 1 heterocycles. The molecule has 0 radical (unpaired) electrons. The van der Waals surface area contributed by atoms with Crippen LogP contribution < -0.4 is 4.74 Å². The number of hydrogen-bond acceptors (Lipinski definition) is 2. The Kier molecular flexibility index (Phi) is 7.21. The Balaban J connectivity index is 1.14. The summed E-state index contributed by atoms with van der Waals surface area (Å²) in [5.74, 6) is 0.845. The van der Waals surface area contributed by atoms with Gasteiger partial charge in [0.2, 0.25) is 0 Å². The molecule has 41 heavy (non-hydrogen) atoms. The van der Waals surface area contributed by atoms with E-state index in [2.05, 4.69) is 84.9 Å². The van der Waals surface area contributed by atoms with Gasteiger partial charge >= 0.3 is 6.18 Å². The molecular weight excluding hydrogens is 537 g/mol. The highest BCUT2D eigenvalue weighted by Crippen LogP contribution is 2.37. The van der Waals surface area contributed by atoms with Crippen LogP contribution in [0.5, 0.6) is 5.75 Å². The maximum Gasteiger partial charge on any atom is 0.416 e. The lowest BCUT2D eigenvalue weighted by atomic mass is 9.97. The summed E-state index contributed by atoms with van der Waals surface area (Å²) in [6.07, 6.45) is -4.33. The molecule has 5 aromatic carbocycles. The lowest BCUT2D eigenvalue weighted by Gasteiger charge is -2.08. The van der Waals surface area contributed by atoms with Gasteiger partial charge in [-0.2, -0.15) is 13.2 Å². The van der Waals surface area contributed by atoms with Gasteiger partial charge in [0.05, 0.1) is 12.7 Å². The first-order valence-electron chi connectivity index (χ1n) is 13.1. The smallest absolute Gasteiger partial charge is 0.416 e. The van der Waals surface area contributed by atoms with Crippen LogP contribution in [0.4, 0.5) is 13.2 Å². The number of alkyl halides is 3. The van der Waals surface area contributed by atoms with Crippen molar-refractivity contribution in [3.05, 3.63) is 139 Å². The zero-order chi connectivity index (χ0) is 28.4. The third-order valence-electron chi connectivity index (χ3n) is 7.13. The summed E-state index contributed by atoms with van der Waals surface area (Å²) >= 11 is 1.57. The minimum atomic E-state index is -4.33. The topological polar surface area (TPSA) is 9.23 Å². The quantitative estimate of drug-likeness (QED) is 0.196. The maximum atomic E-state index is 12.9. The van der Waals surface area contributed by atoms with Crippen molar-refractivity contribution < 1.29 is 17.9 Å². The van der Waals surface area contributed by atoms with Gasteiger partial charge in [0.1, 0.15) is 5.75 Å². The molecule has 1 aromatic heterocycles. The second-order valence-corrected chi connectivity index (χ2v) is 10.8. The summed E-state index contributed by atoms with van der Waals surface area (Å²) in [6.45, 7) is 0. The lowest BCUT2D eigenvalue weighted by molar-refractivity contribution is -0.137. The lowest BCUT2D eigenvalue weighted by Crippen LogP contribution is -2.03. The molecule has 6 aromatic rings. The Hall–Kier alpha value is -4.61. The second-order valence-electron chi connectivity index (χ2n) is 9.70. The highest BCUT2D eigenvalue weighted by atomic mass is 32.1. The molecule has 202 valence electrons. The molecule has 0 fully saturated rings. The minimum Gasteiger partial charge on any atom is -0.497 e. The Morgan fingerprint density at radius 2 is 0.707 bits per heavy atom. The van der Waals surface area contributed by atoms with Gasteiger partial charge in [0, 0.05) is 9.75 Å². The van der Waals surface area contributed by atoms with Crippen molar-refractivity contribution in [1.29, 1.82) is 0 Å². The van der Waals surface area contributed by atoms with Crippen molar-refractivity contribution >= 4 is 11.3 Å². The van der Waals surface area contributed by atoms with E-state index in [4.69, 9.17) is 4.74 Å². The van der Waals surface area contributed by atoms with Crippen molar-refractivity contribution in [2.24, 2.45) is 0 Å². The molecule has 5 heteroatoms. The summed E-state index contributed by atoms with van der Waals surface area (Å²) in [6, 6.07) is 42.8. The molecule has 0 amide bonds. The molecule has 0 atom stereocenters. The largest absolute Gasteiger partial charge is 0.497 e. The van der Waals surface area contributed by atoms with Crippen molar-refractivity contribution in [3.63, 3.8) is 0 Å². The first-order chi connectivity index (χ1) is 19.9. The summed E-state index contributed by atoms with van der Waals surface area (Å²) in [5.41, 5.74) is 8.09. The first-order valence-corrected chi connectivity index (χ1v) is 13.9. The standard InChI is InChI=1S/C36H25F3OS/c1-40-33-20-16-29(17-21-33)27-8-6-25(7-9-27)24-2-4-26(5-3-24)28-10-12-30(13-11-28)34-22-23-35(41-34)31-14-18-32(19-15-31)36(37,38)39/h2-23H,1H3. The Labute approximate surface area is 241 Å². The normalized spacial score (nSPS) is 11.4. The van der Waals surface area contributed by atoms with Crippen LogP contribution in [-0.2, 0) is 6.18 Å². The van der Waals surface area contributed by atoms with E-state index in [0.29, 0.717) is 0 Å². The van der Waals surface area contributed by atoms with Crippen LogP contribution in [0.2, 0.25) is 0 Å². The molecular formula is C36H25F3OS. The highest BCUT2D eigenvalue weighted by molar-refractivity contribution is 7.18. The number of benzene rings is 5. The van der Waals surface area contributed by atoms with Gasteiger partial charge in [0.15, 0.2) is 0 Å². The average Bonchev–Trinajstić information content (AvgIpc) is 3.52. The van der Waals surface area contributed by atoms with Gasteiger partial charge in [-0.1, -0.05) is 97.1 Å². The average molecular weight is 563 g/mol. The van der Waals surface area contributed by atoms with E-state index in [1.165, 1.54) is 12.1 Å². The molecule has 1 nitrogen and oxygen atoms in total. The molecule has 0 N–H and O–H groups in total. The Bertz CT molecular complexity index is 1750.